The summed E-state index contributed by atoms with van der Waals surface area (Å²) in [6.07, 6.45) is 5.00. The van der Waals surface area contributed by atoms with Crippen LogP contribution in [0.1, 0.15) is 6.92 Å². The number of nitrogens with zero attached hydrogens (tertiary/aromatic N) is 1. The van der Waals surface area contributed by atoms with E-state index in [2.05, 4.69) is 0 Å². The van der Waals surface area contributed by atoms with Crippen LogP contribution in [-0.4, -0.2) is 11.7 Å². The van der Waals surface area contributed by atoms with Crippen LogP contribution in [0.4, 0.5) is 4.48 Å². The lowest BCUT2D eigenvalue weighted by Gasteiger charge is -2.10. The predicted molar refractivity (Wildman–Crippen MR) is 30.7 cm³/mol. The lowest BCUT2D eigenvalue weighted by Crippen LogP contribution is -2.10. The van der Waals surface area contributed by atoms with Crippen LogP contribution < -0.4 is 0 Å². The Labute approximate surface area is 48.0 Å². The molecule has 0 aromatic carbocycles. The molecule has 0 amide bonds. The Bertz CT molecular complexity index is 137. The summed E-state index contributed by atoms with van der Waals surface area (Å²) < 4.78 is 12.1. The molecule has 0 bridgehead atoms. The molecule has 1 nitrogen and oxygen atoms in total. The van der Waals surface area contributed by atoms with Crippen LogP contribution in [0, 0.1) is 0 Å². The average Bonchev–Trinajstić information content (AvgIpc) is 1.64. The molecule has 0 N–H and O–H groups in total. The number of halogens is 1. The summed E-state index contributed by atoms with van der Waals surface area (Å²) in [6, 6.07) is 0. The van der Waals surface area contributed by atoms with Crippen LogP contribution in [-0.2, 0) is 0 Å². The summed E-state index contributed by atoms with van der Waals surface area (Å²) in [7, 11) is 0. The lowest BCUT2D eigenvalue weighted by atomic mass is 10.2. The Kier molecular flexibility index (Phi) is 1.33. The molecule has 0 aromatic heterocycles. The second-order valence-electron chi connectivity index (χ2n) is 1.91. The third-order valence-electron chi connectivity index (χ3n) is 1.03. The van der Waals surface area contributed by atoms with Gasteiger partial charge in [0.15, 0.2) is 0 Å². The highest BCUT2D eigenvalue weighted by Crippen LogP contribution is 2.05. The van der Waals surface area contributed by atoms with Crippen LogP contribution in [0.25, 0.3) is 0 Å². The highest BCUT2D eigenvalue weighted by molar-refractivity contribution is 5.15. The fourth-order valence-electron chi connectivity index (χ4n) is 0.644. The van der Waals surface area contributed by atoms with Crippen molar-refractivity contribution in [3.8, 4) is 0 Å². The smallest absolute Gasteiger partial charge is 0.0709 e. The number of hydrogen-bond donors (Lipinski definition) is 0. The molecule has 8 heavy (non-hydrogen) atoms. The van der Waals surface area contributed by atoms with Crippen LogP contribution in [0.5, 0.6) is 0 Å². The Morgan fingerprint density at radius 2 is 2.50 bits per heavy atom. The second-order valence-corrected chi connectivity index (χ2v) is 1.91. The normalized spacial score (nSPS) is 18.8. The molecule has 44 valence electrons. The van der Waals surface area contributed by atoms with Crippen LogP contribution in [0.15, 0.2) is 23.9 Å². The van der Waals surface area contributed by atoms with Crippen molar-refractivity contribution < 1.29 is 4.48 Å². The summed E-state index contributed by atoms with van der Waals surface area (Å²) in [5.74, 6) is 0. The van der Waals surface area contributed by atoms with E-state index < -0.39 is 0 Å². The fraction of sp³-hybridized carbons (Fsp3) is 0.333. The van der Waals surface area contributed by atoms with Crippen molar-refractivity contribution in [3.05, 3.63) is 23.9 Å². The summed E-state index contributed by atoms with van der Waals surface area (Å²) in [5.41, 5.74) is 1.05. The molecule has 0 aliphatic carbocycles. The van der Waals surface area contributed by atoms with E-state index in [4.69, 9.17) is 0 Å². The maximum Gasteiger partial charge on any atom is 0.0709 e. The molecule has 2 heteroatoms. The minimum Gasteiger partial charge on any atom is -0.215 e. The molecule has 0 unspecified atom stereocenters. The van der Waals surface area contributed by atoms with Crippen LogP contribution in [0.2, 0.25) is 0 Å². The van der Waals surface area contributed by atoms with Gasteiger partial charge >= 0.3 is 0 Å². The van der Waals surface area contributed by atoms with Gasteiger partial charge in [0.1, 0.15) is 0 Å². The first-order valence-electron chi connectivity index (χ1n) is 2.55. The van der Waals surface area contributed by atoms with Crippen molar-refractivity contribution >= 4 is 0 Å². The van der Waals surface area contributed by atoms with Gasteiger partial charge in [-0.3, -0.25) is 0 Å². The molecule has 0 atom stereocenters. The number of rotatable bonds is 0. The molecule has 0 aromatic rings. The van der Waals surface area contributed by atoms with Crippen LogP contribution >= 0.6 is 0 Å². The van der Waals surface area contributed by atoms with Gasteiger partial charge in [0.05, 0.1) is 6.54 Å². The van der Waals surface area contributed by atoms with Gasteiger partial charge in [-0.25, -0.2) is 5.12 Å². The van der Waals surface area contributed by atoms with Crippen molar-refractivity contribution in [1.29, 1.82) is 0 Å². The van der Waals surface area contributed by atoms with Gasteiger partial charge in [-0.1, -0.05) is 11.6 Å². The van der Waals surface area contributed by atoms with E-state index >= 15 is 0 Å². The topological polar surface area (TPSA) is 3.24 Å². The van der Waals surface area contributed by atoms with Gasteiger partial charge in [-0.05, 0) is 13.0 Å². The lowest BCUT2D eigenvalue weighted by molar-refractivity contribution is 0.101. The van der Waals surface area contributed by atoms with Crippen molar-refractivity contribution in [2.45, 2.75) is 6.92 Å². The van der Waals surface area contributed by atoms with E-state index in [-0.39, 0.29) is 0 Å². The Balaban J connectivity index is 2.59. The third-order valence-corrected chi connectivity index (χ3v) is 1.03. The van der Waals surface area contributed by atoms with Crippen molar-refractivity contribution in [1.82, 2.24) is 5.12 Å². The van der Waals surface area contributed by atoms with E-state index in [0.29, 0.717) is 11.7 Å². The SMILES string of the molecule is CC1=CC=CN(F)C1. The maximum atomic E-state index is 12.1. The summed E-state index contributed by atoms with van der Waals surface area (Å²) in [4.78, 5) is 0. The Morgan fingerprint density at radius 1 is 1.75 bits per heavy atom. The summed E-state index contributed by atoms with van der Waals surface area (Å²) in [5, 5.41) is 0.662. The molecule has 1 heterocycles. The molecule has 1 aliphatic rings. The zero-order chi connectivity index (χ0) is 5.98. The minimum absolute atomic E-state index is 0.413. The quantitative estimate of drug-likeness (QED) is 0.432. The fourth-order valence-corrected chi connectivity index (χ4v) is 0.644. The molecule has 1 aliphatic heterocycles. The van der Waals surface area contributed by atoms with Crippen LogP contribution in [0.3, 0.4) is 0 Å². The first-order chi connectivity index (χ1) is 3.79. The maximum absolute atomic E-state index is 12.1. The van der Waals surface area contributed by atoms with Crippen molar-refractivity contribution in [2.75, 3.05) is 6.54 Å². The molecular weight excluding hydrogens is 105 g/mol. The highest BCUT2D eigenvalue weighted by atomic mass is 19.2. The summed E-state index contributed by atoms with van der Waals surface area (Å²) in [6.45, 7) is 2.31. The monoisotopic (exact) mass is 113 g/mol. The molecule has 0 fully saturated rings. The first kappa shape index (κ1) is 5.35. The van der Waals surface area contributed by atoms with E-state index in [9.17, 15) is 4.48 Å². The van der Waals surface area contributed by atoms with E-state index in [1.54, 1.807) is 6.08 Å². The van der Waals surface area contributed by atoms with Gasteiger partial charge in [0.2, 0.25) is 0 Å². The van der Waals surface area contributed by atoms with Gasteiger partial charge in [0.25, 0.3) is 0 Å². The molecule has 0 saturated heterocycles. The third kappa shape index (κ3) is 1.09. The zero-order valence-corrected chi connectivity index (χ0v) is 4.76. The Hall–Kier alpha value is -0.790. The zero-order valence-electron chi connectivity index (χ0n) is 4.76. The number of allylic oxidation sites excluding steroid dienone is 2. The first-order valence-corrected chi connectivity index (χ1v) is 2.55. The van der Waals surface area contributed by atoms with E-state index in [0.717, 1.165) is 5.57 Å². The van der Waals surface area contributed by atoms with Gasteiger partial charge in [-0.15, -0.1) is 4.48 Å². The molecular formula is C6H8FN. The molecule has 0 spiro atoms. The largest absolute Gasteiger partial charge is 0.215 e. The van der Waals surface area contributed by atoms with Gasteiger partial charge in [0, 0.05) is 6.20 Å². The van der Waals surface area contributed by atoms with Gasteiger partial charge in [-0.2, -0.15) is 0 Å². The van der Waals surface area contributed by atoms with E-state index in [1.165, 1.54) is 6.20 Å². The van der Waals surface area contributed by atoms with Crippen molar-refractivity contribution in [3.63, 3.8) is 0 Å². The second kappa shape index (κ2) is 1.99. The predicted octanol–water partition coefficient (Wildman–Crippen LogP) is 1.65. The van der Waals surface area contributed by atoms with Gasteiger partial charge < -0.3 is 0 Å². The van der Waals surface area contributed by atoms with Crippen molar-refractivity contribution in [2.24, 2.45) is 0 Å². The standard InChI is InChI=1S/C6H8FN/c1-6-3-2-4-8(7)5-6/h2-4H,5H2,1H3. The minimum atomic E-state index is 0.413. The Morgan fingerprint density at radius 3 is 2.88 bits per heavy atom. The van der Waals surface area contributed by atoms with E-state index in [1.807, 2.05) is 13.0 Å². The molecule has 0 radical (unpaired) electrons. The molecule has 0 saturated carbocycles. The average molecular weight is 113 g/mol. The molecule has 1 rings (SSSR count). The number of hydrogen-bond acceptors (Lipinski definition) is 1. The highest BCUT2D eigenvalue weighted by Gasteiger charge is 1.98. The summed E-state index contributed by atoms with van der Waals surface area (Å²) >= 11 is 0.